The van der Waals surface area contributed by atoms with Crippen molar-refractivity contribution in [2.75, 3.05) is 12.4 Å². The number of nitrogens with one attached hydrogen (secondary N) is 2. The Hall–Kier alpha value is -4.21. The molecule has 202 valence electrons. The number of ether oxygens (including phenoxy) is 3. The molecule has 1 aliphatic heterocycles. The van der Waals surface area contributed by atoms with Gasteiger partial charge in [-0.2, -0.15) is 0 Å². The summed E-state index contributed by atoms with van der Waals surface area (Å²) in [5, 5.41) is 5.31. The minimum absolute atomic E-state index is 0.173. The number of benzene rings is 2. The summed E-state index contributed by atoms with van der Waals surface area (Å²) in [5.74, 6) is -2.31. The molecule has 0 radical (unpaired) electrons. The molecule has 0 saturated carbocycles. The normalized spacial score (nSPS) is 16.9. The van der Waals surface area contributed by atoms with Crippen LogP contribution in [0.1, 0.15) is 52.7 Å². The molecule has 10 nitrogen and oxygen atoms in total. The minimum atomic E-state index is -2.02. The quantitative estimate of drug-likeness (QED) is 0.523. The highest BCUT2D eigenvalue weighted by Gasteiger charge is 2.46. The molecule has 0 bridgehead atoms. The van der Waals surface area contributed by atoms with Gasteiger partial charge < -0.3 is 19.5 Å². The largest absolute Gasteiger partial charge is 0.497 e. The fraction of sp³-hybridized carbons (Fsp3) is 0.393. The molecule has 2 aromatic rings. The fourth-order valence-corrected chi connectivity index (χ4v) is 3.39. The lowest BCUT2D eigenvalue weighted by atomic mass is 10.1. The average Bonchev–Trinajstić information content (AvgIpc) is 3.23. The third kappa shape index (κ3) is 7.89. The smallest absolute Gasteiger partial charge is 0.411 e. The number of hydrogen-bond acceptors (Lipinski definition) is 8. The molecular weight excluding hydrogens is 488 g/mol. The molecule has 38 heavy (non-hydrogen) atoms. The molecule has 2 amide bonds. The number of aliphatic imine (C=N–C) groups is 2. The zero-order valence-electron chi connectivity index (χ0n) is 22.7. The van der Waals surface area contributed by atoms with Gasteiger partial charge in [0.15, 0.2) is 0 Å². The van der Waals surface area contributed by atoms with E-state index >= 15 is 0 Å². The van der Waals surface area contributed by atoms with E-state index in [2.05, 4.69) is 20.6 Å². The molecule has 2 aromatic carbocycles. The molecule has 0 aromatic heterocycles. The highest BCUT2D eigenvalue weighted by Crippen LogP contribution is 2.24. The van der Waals surface area contributed by atoms with Crippen molar-refractivity contribution < 1.29 is 28.6 Å². The van der Waals surface area contributed by atoms with E-state index < -0.39 is 29.1 Å². The maximum absolute atomic E-state index is 13.1. The molecule has 2 N–H and O–H groups in total. The number of rotatable bonds is 7. The number of esters is 1. The number of carbonyl (C=O) groups excluding carboxylic acids is 3. The molecule has 1 heterocycles. The van der Waals surface area contributed by atoms with Crippen LogP contribution < -0.4 is 15.4 Å². The van der Waals surface area contributed by atoms with Gasteiger partial charge in [-0.15, -0.1) is 0 Å². The zero-order chi connectivity index (χ0) is 28.1. The maximum Gasteiger partial charge on any atom is 0.411 e. The van der Waals surface area contributed by atoms with Crippen molar-refractivity contribution >= 4 is 35.6 Å². The molecule has 0 saturated heterocycles. The predicted octanol–water partition coefficient (Wildman–Crippen LogP) is 4.27. The second-order valence-electron chi connectivity index (χ2n) is 10.7. The Morgan fingerprint density at radius 3 is 2.03 bits per heavy atom. The van der Waals surface area contributed by atoms with E-state index in [1.54, 1.807) is 85.1 Å². The van der Waals surface area contributed by atoms with Crippen LogP contribution in [0.15, 0.2) is 58.5 Å². The Labute approximate surface area is 222 Å². The van der Waals surface area contributed by atoms with E-state index in [-0.39, 0.29) is 12.3 Å². The van der Waals surface area contributed by atoms with E-state index in [1.807, 2.05) is 12.1 Å². The highest BCUT2D eigenvalue weighted by molar-refractivity contribution is 6.40. The second kappa shape index (κ2) is 11.0. The molecule has 3 rings (SSSR count). The monoisotopic (exact) mass is 522 g/mol. The Morgan fingerprint density at radius 2 is 1.47 bits per heavy atom. The summed E-state index contributed by atoms with van der Waals surface area (Å²) >= 11 is 0. The number of methoxy groups -OCH3 is 1. The van der Waals surface area contributed by atoms with Crippen molar-refractivity contribution in [2.45, 2.75) is 65.0 Å². The summed E-state index contributed by atoms with van der Waals surface area (Å²) in [5.41, 5.74) is 0.794. The summed E-state index contributed by atoms with van der Waals surface area (Å²) in [6.45, 7) is 10.2. The van der Waals surface area contributed by atoms with Gasteiger partial charge >= 0.3 is 17.8 Å². The van der Waals surface area contributed by atoms with Crippen LogP contribution in [0.2, 0.25) is 0 Å². The van der Waals surface area contributed by atoms with Gasteiger partial charge in [-0.3, -0.25) is 10.1 Å². The zero-order valence-corrected chi connectivity index (χ0v) is 22.7. The van der Waals surface area contributed by atoms with Crippen molar-refractivity contribution in [3.63, 3.8) is 0 Å². The van der Waals surface area contributed by atoms with Crippen LogP contribution >= 0.6 is 0 Å². The Morgan fingerprint density at radius 1 is 0.868 bits per heavy atom. The number of amides is 2. The lowest BCUT2D eigenvalue weighted by molar-refractivity contribution is -0.162. The van der Waals surface area contributed by atoms with E-state index in [1.165, 1.54) is 6.21 Å². The number of alkyl carbamates (subject to hydrolysis) is 1. The molecule has 1 unspecified atom stereocenters. The summed E-state index contributed by atoms with van der Waals surface area (Å²) < 4.78 is 15.9. The van der Waals surface area contributed by atoms with Crippen molar-refractivity contribution in [3.05, 3.63) is 59.7 Å². The van der Waals surface area contributed by atoms with Crippen molar-refractivity contribution in [3.8, 4) is 5.75 Å². The first-order valence-electron chi connectivity index (χ1n) is 12.1. The molecule has 0 spiro atoms. The molecular formula is C28H34N4O6. The summed E-state index contributed by atoms with van der Waals surface area (Å²) in [4.78, 5) is 46.7. The van der Waals surface area contributed by atoms with Crippen LogP contribution in [-0.4, -0.2) is 54.0 Å². The topological polar surface area (TPSA) is 128 Å². The Bertz CT molecular complexity index is 1240. The summed E-state index contributed by atoms with van der Waals surface area (Å²) in [7, 11) is 1.59. The molecule has 10 heteroatoms. The van der Waals surface area contributed by atoms with Crippen molar-refractivity contribution in [1.29, 1.82) is 0 Å². The van der Waals surface area contributed by atoms with E-state index in [4.69, 9.17) is 14.2 Å². The first-order chi connectivity index (χ1) is 17.7. The number of anilines is 1. The third-order valence-corrected chi connectivity index (χ3v) is 5.00. The lowest BCUT2D eigenvalue weighted by Gasteiger charge is -2.28. The van der Waals surface area contributed by atoms with Crippen LogP contribution in [0.5, 0.6) is 5.75 Å². The van der Waals surface area contributed by atoms with Crippen LogP contribution in [0.25, 0.3) is 0 Å². The molecule has 0 fully saturated rings. The molecule has 1 aliphatic rings. The Balaban J connectivity index is 1.75. The van der Waals surface area contributed by atoms with Crippen molar-refractivity contribution in [2.24, 2.45) is 9.98 Å². The van der Waals surface area contributed by atoms with Gasteiger partial charge in [-0.05, 0) is 71.4 Å². The SMILES string of the molecule is COc1ccc(CC(=O)Nc2ccc(C3=NC(NC(=O)OC(C)(C)C)(C(=O)OC(C)(C)C)N=C3)cc2)cc1. The first kappa shape index (κ1) is 28.4. The van der Waals surface area contributed by atoms with Crippen molar-refractivity contribution in [1.82, 2.24) is 5.32 Å². The predicted molar refractivity (Wildman–Crippen MR) is 145 cm³/mol. The molecule has 1 atom stereocenters. The summed E-state index contributed by atoms with van der Waals surface area (Å²) in [6, 6.07) is 14.2. The van der Waals surface area contributed by atoms with Crippen LogP contribution in [0.3, 0.4) is 0 Å². The second-order valence-corrected chi connectivity index (χ2v) is 10.7. The van der Waals surface area contributed by atoms with Crippen LogP contribution in [-0.2, 0) is 25.5 Å². The highest BCUT2D eigenvalue weighted by atomic mass is 16.6. The number of carbonyl (C=O) groups is 3. The average molecular weight is 523 g/mol. The van der Waals surface area contributed by atoms with Crippen LogP contribution in [0, 0.1) is 0 Å². The maximum atomic E-state index is 13.1. The lowest BCUT2D eigenvalue weighted by Crippen LogP contribution is -2.54. The van der Waals surface area contributed by atoms with E-state index in [0.717, 1.165) is 11.3 Å². The third-order valence-electron chi connectivity index (χ3n) is 5.00. The summed E-state index contributed by atoms with van der Waals surface area (Å²) in [6.07, 6.45) is 0.735. The number of hydrogen-bond donors (Lipinski definition) is 2. The fourth-order valence-electron chi connectivity index (χ4n) is 3.39. The van der Waals surface area contributed by atoms with Gasteiger partial charge in [0, 0.05) is 11.3 Å². The molecule has 0 aliphatic carbocycles. The van der Waals surface area contributed by atoms with Gasteiger partial charge in [0.25, 0.3) is 0 Å². The van der Waals surface area contributed by atoms with Gasteiger partial charge in [0.2, 0.25) is 5.91 Å². The van der Waals surface area contributed by atoms with E-state index in [9.17, 15) is 14.4 Å². The van der Waals surface area contributed by atoms with Crippen LogP contribution in [0.4, 0.5) is 10.5 Å². The van der Waals surface area contributed by atoms with Gasteiger partial charge in [0.05, 0.1) is 25.5 Å². The standard InChI is InChI=1S/C28H34N4O6/c1-26(2,3)37-24(34)28(32-25(35)38-27(4,5)6)29-17-22(31-28)19-10-12-20(13-11-19)30-23(33)16-18-8-14-21(36-7)15-9-18/h8-15,17H,16H2,1-7H3,(H,30,33)(H,32,35). The Kier molecular flexibility index (Phi) is 8.24. The minimum Gasteiger partial charge on any atom is -0.497 e. The van der Waals surface area contributed by atoms with Gasteiger partial charge in [-0.1, -0.05) is 24.3 Å². The first-order valence-corrected chi connectivity index (χ1v) is 12.1. The van der Waals surface area contributed by atoms with Gasteiger partial charge in [-0.25, -0.2) is 19.6 Å². The van der Waals surface area contributed by atoms with E-state index in [0.29, 0.717) is 17.0 Å². The number of nitrogens with zero attached hydrogens (tertiary/aromatic N) is 2. The van der Waals surface area contributed by atoms with Gasteiger partial charge in [0.1, 0.15) is 17.0 Å².